The van der Waals surface area contributed by atoms with Crippen LogP contribution in [0.5, 0.6) is 0 Å². The molecule has 0 aromatic heterocycles. The van der Waals surface area contributed by atoms with Crippen molar-refractivity contribution in [2.24, 2.45) is 0 Å². The van der Waals surface area contributed by atoms with Gasteiger partial charge in [-0.15, -0.1) is 0 Å². The van der Waals surface area contributed by atoms with Gasteiger partial charge in [0, 0.05) is 28.8 Å². The Morgan fingerprint density at radius 2 is 1.09 bits per heavy atom. The van der Waals surface area contributed by atoms with Gasteiger partial charge in [0.15, 0.2) is 5.78 Å². The van der Waals surface area contributed by atoms with Crippen LogP contribution in [0, 0.1) is 0 Å². The molecule has 1 N–H and O–H groups in total. The minimum atomic E-state index is -0.0766. The maximum atomic E-state index is 12.9. The molecule has 0 radical (unpaired) electrons. The number of ketones is 1. The van der Waals surface area contributed by atoms with Gasteiger partial charge in [0.25, 0.3) is 5.91 Å². The largest absolute Gasteiger partial charge is 0.352 e. The Morgan fingerprint density at radius 1 is 0.600 bits per heavy atom. The first-order valence-corrected chi connectivity index (χ1v) is 14.3. The lowest BCUT2D eigenvalue weighted by Crippen LogP contribution is -2.25. The van der Waals surface area contributed by atoms with Gasteiger partial charge in [-0.3, -0.25) is 9.59 Å². The molecule has 0 atom stereocenters. The van der Waals surface area contributed by atoms with Crippen molar-refractivity contribution < 1.29 is 9.59 Å². The number of unbranched alkanes of at least 4 members (excludes halogenated alkanes) is 15. The van der Waals surface area contributed by atoms with E-state index in [0.29, 0.717) is 23.2 Å². The molecule has 0 spiro atoms. The monoisotopic (exact) mass is 475 g/mol. The van der Waals surface area contributed by atoms with E-state index >= 15 is 0 Å². The summed E-state index contributed by atoms with van der Waals surface area (Å²) in [5.74, 6) is -0.0598. The maximum Gasteiger partial charge on any atom is 0.251 e. The second-order valence-electron chi connectivity index (χ2n) is 10.2. The first-order chi connectivity index (χ1) is 17.2. The van der Waals surface area contributed by atoms with E-state index in [-0.39, 0.29) is 11.7 Å². The average molecular weight is 476 g/mol. The van der Waals surface area contributed by atoms with E-state index in [1.165, 1.54) is 89.9 Å². The lowest BCUT2D eigenvalue weighted by atomic mass is 9.99. The van der Waals surface area contributed by atoms with Gasteiger partial charge in [0.05, 0.1) is 0 Å². The van der Waals surface area contributed by atoms with Crippen molar-refractivity contribution in [1.29, 1.82) is 0 Å². The molecule has 0 saturated carbocycles. The van der Waals surface area contributed by atoms with Crippen molar-refractivity contribution in [3.63, 3.8) is 0 Å². The Bertz CT molecular complexity index is 933. The summed E-state index contributed by atoms with van der Waals surface area (Å²) in [7, 11) is 0. The normalized spacial score (nSPS) is 12.0. The summed E-state index contributed by atoms with van der Waals surface area (Å²) in [5, 5.41) is 3.07. The summed E-state index contributed by atoms with van der Waals surface area (Å²) < 4.78 is 0. The van der Waals surface area contributed by atoms with Crippen molar-refractivity contribution in [1.82, 2.24) is 5.32 Å². The predicted molar refractivity (Wildman–Crippen MR) is 147 cm³/mol. The molecular weight excluding hydrogens is 430 g/mol. The number of benzene rings is 2. The molecule has 3 nitrogen and oxygen atoms in total. The van der Waals surface area contributed by atoms with Crippen LogP contribution in [0.4, 0.5) is 0 Å². The average Bonchev–Trinajstić information content (AvgIpc) is 3.18. The van der Waals surface area contributed by atoms with Crippen molar-refractivity contribution in [3.8, 4) is 11.1 Å². The van der Waals surface area contributed by atoms with Crippen molar-refractivity contribution in [2.75, 3.05) is 6.54 Å². The van der Waals surface area contributed by atoms with E-state index in [9.17, 15) is 9.59 Å². The number of rotatable bonds is 18. The number of hydrogen-bond acceptors (Lipinski definition) is 2. The molecule has 0 heterocycles. The molecular formula is C32H45NO2. The number of fused-ring (bicyclic) bond motifs is 3. The van der Waals surface area contributed by atoms with Crippen molar-refractivity contribution >= 4 is 11.7 Å². The SMILES string of the molecule is CCCCCCCCCCCCCCCCCCNC(=O)c1cccc2c1-c1ccccc1C2=O. The molecule has 0 saturated heterocycles. The van der Waals surface area contributed by atoms with E-state index in [4.69, 9.17) is 0 Å². The zero-order valence-corrected chi connectivity index (χ0v) is 21.9. The molecule has 2 aromatic rings. The minimum Gasteiger partial charge on any atom is -0.352 e. The van der Waals surface area contributed by atoms with E-state index in [1.54, 1.807) is 0 Å². The summed E-state index contributed by atoms with van der Waals surface area (Å²) >= 11 is 0. The molecule has 3 rings (SSSR count). The summed E-state index contributed by atoms with van der Waals surface area (Å²) in [6.45, 7) is 2.97. The summed E-state index contributed by atoms with van der Waals surface area (Å²) in [4.78, 5) is 25.5. The molecule has 0 aliphatic heterocycles. The van der Waals surface area contributed by atoms with Crippen LogP contribution in [-0.2, 0) is 0 Å². The molecule has 190 valence electrons. The van der Waals surface area contributed by atoms with Crippen molar-refractivity contribution in [2.45, 2.75) is 110 Å². The first-order valence-electron chi connectivity index (χ1n) is 14.3. The molecule has 0 unspecified atom stereocenters. The van der Waals surface area contributed by atoms with Gasteiger partial charge in [-0.1, -0.05) is 140 Å². The summed E-state index contributed by atoms with van der Waals surface area (Å²) in [6.07, 6.45) is 21.5. The van der Waals surface area contributed by atoms with Crippen LogP contribution in [0.15, 0.2) is 42.5 Å². The molecule has 35 heavy (non-hydrogen) atoms. The van der Waals surface area contributed by atoms with Crippen molar-refractivity contribution in [3.05, 3.63) is 59.2 Å². The topological polar surface area (TPSA) is 46.2 Å². The number of carbonyl (C=O) groups excluding carboxylic acids is 2. The van der Waals surface area contributed by atoms with E-state index in [2.05, 4.69) is 12.2 Å². The lowest BCUT2D eigenvalue weighted by molar-refractivity contribution is 0.0953. The Morgan fingerprint density at radius 3 is 1.66 bits per heavy atom. The molecule has 1 aliphatic carbocycles. The highest BCUT2D eigenvalue weighted by atomic mass is 16.1. The van der Waals surface area contributed by atoms with Crippen LogP contribution in [-0.4, -0.2) is 18.2 Å². The van der Waals surface area contributed by atoms with Crippen LogP contribution in [0.2, 0.25) is 0 Å². The molecule has 0 bridgehead atoms. The third kappa shape index (κ3) is 8.33. The Hall–Kier alpha value is -2.42. The van der Waals surface area contributed by atoms with Gasteiger partial charge in [0.2, 0.25) is 0 Å². The molecule has 1 amide bonds. The fourth-order valence-electron chi connectivity index (χ4n) is 5.24. The third-order valence-electron chi connectivity index (χ3n) is 7.31. The van der Waals surface area contributed by atoms with E-state index in [1.807, 2.05) is 42.5 Å². The standard InChI is InChI=1S/C32H45NO2/c1-2-3-4-5-6-7-8-9-10-11-12-13-14-15-16-19-25-33-32(35)29-24-20-23-28-30(29)26-21-17-18-22-27(26)31(28)34/h17-18,20-24H,2-16,19,25H2,1H3,(H,33,35). The summed E-state index contributed by atoms with van der Waals surface area (Å²) in [5.41, 5.74) is 3.61. The molecule has 2 aromatic carbocycles. The van der Waals surface area contributed by atoms with Crippen LogP contribution in [0.3, 0.4) is 0 Å². The molecule has 0 fully saturated rings. The Kier molecular flexibility index (Phi) is 12.1. The van der Waals surface area contributed by atoms with E-state index in [0.717, 1.165) is 24.0 Å². The fourth-order valence-corrected chi connectivity index (χ4v) is 5.24. The van der Waals surface area contributed by atoms with Crippen LogP contribution in [0.1, 0.15) is 136 Å². The Balaban J connectivity index is 1.21. The van der Waals surface area contributed by atoms with Gasteiger partial charge in [-0.05, 0) is 18.1 Å². The number of nitrogens with one attached hydrogen (secondary N) is 1. The highest BCUT2D eigenvalue weighted by Gasteiger charge is 2.29. The quantitative estimate of drug-likeness (QED) is 0.187. The smallest absolute Gasteiger partial charge is 0.251 e. The highest BCUT2D eigenvalue weighted by Crippen LogP contribution is 2.38. The van der Waals surface area contributed by atoms with Gasteiger partial charge < -0.3 is 5.32 Å². The first kappa shape index (κ1) is 27.2. The number of hydrogen-bond donors (Lipinski definition) is 1. The van der Waals surface area contributed by atoms with Crippen LogP contribution in [0.25, 0.3) is 11.1 Å². The van der Waals surface area contributed by atoms with Crippen LogP contribution < -0.4 is 5.32 Å². The van der Waals surface area contributed by atoms with E-state index < -0.39 is 0 Å². The van der Waals surface area contributed by atoms with Gasteiger partial charge >= 0.3 is 0 Å². The van der Waals surface area contributed by atoms with Gasteiger partial charge in [-0.2, -0.15) is 0 Å². The molecule has 1 aliphatic rings. The van der Waals surface area contributed by atoms with Gasteiger partial charge in [-0.25, -0.2) is 0 Å². The third-order valence-corrected chi connectivity index (χ3v) is 7.31. The summed E-state index contributed by atoms with van der Waals surface area (Å²) in [6, 6.07) is 13.0. The highest BCUT2D eigenvalue weighted by molar-refractivity contribution is 6.24. The predicted octanol–water partition coefficient (Wildman–Crippen LogP) is 8.89. The second-order valence-corrected chi connectivity index (χ2v) is 10.2. The van der Waals surface area contributed by atoms with Gasteiger partial charge in [0.1, 0.15) is 0 Å². The fraction of sp³-hybridized carbons (Fsp3) is 0.562. The zero-order valence-electron chi connectivity index (χ0n) is 21.9. The number of carbonyl (C=O) groups is 2. The number of amides is 1. The second kappa shape index (κ2) is 15.5. The van der Waals surface area contributed by atoms with Crippen LogP contribution >= 0.6 is 0 Å². The zero-order chi connectivity index (χ0) is 24.7. The Labute approximate surface area is 213 Å². The minimum absolute atomic E-state index is 0.0167. The maximum absolute atomic E-state index is 12.9. The molecule has 3 heteroatoms. The lowest BCUT2D eigenvalue weighted by Gasteiger charge is -2.10.